The van der Waals surface area contributed by atoms with Crippen molar-refractivity contribution < 1.29 is 14.3 Å². The molecule has 0 spiro atoms. The fourth-order valence-corrected chi connectivity index (χ4v) is 0.903. The van der Waals surface area contributed by atoms with Crippen LogP contribution in [0.4, 0.5) is 4.79 Å². The SMILES string of the molecule is CCOC[C@H](CN)NC(=O)OC(C)(C)C. The first-order chi connectivity index (χ1) is 6.89. The average Bonchev–Trinajstić information content (AvgIpc) is 2.09. The van der Waals surface area contributed by atoms with Gasteiger partial charge in [0.15, 0.2) is 0 Å². The third-order valence-corrected chi connectivity index (χ3v) is 1.53. The van der Waals surface area contributed by atoms with Crippen LogP contribution in [-0.2, 0) is 9.47 Å². The number of nitrogens with one attached hydrogen (secondary N) is 1. The molecule has 0 rings (SSSR count). The van der Waals surface area contributed by atoms with Gasteiger partial charge in [-0.15, -0.1) is 0 Å². The molecule has 0 radical (unpaired) electrons. The van der Waals surface area contributed by atoms with E-state index in [1.54, 1.807) is 0 Å². The summed E-state index contributed by atoms with van der Waals surface area (Å²) in [6.07, 6.45) is -0.461. The average molecular weight is 218 g/mol. The molecule has 0 bridgehead atoms. The summed E-state index contributed by atoms with van der Waals surface area (Å²) in [7, 11) is 0. The van der Waals surface area contributed by atoms with E-state index in [2.05, 4.69) is 5.32 Å². The zero-order valence-corrected chi connectivity index (χ0v) is 10.0. The highest BCUT2D eigenvalue weighted by Crippen LogP contribution is 2.06. The van der Waals surface area contributed by atoms with Crippen LogP contribution in [0.3, 0.4) is 0 Å². The molecule has 1 atom stereocenters. The lowest BCUT2D eigenvalue weighted by Gasteiger charge is -2.22. The van der Waals surface area contributed by atoms with Crippen molar-refractivity contribution in [3.63, 3.8) is 0 Å². The highest BCUT2D eigenvalue weighted by molar-refractivity contribution is 5.68. The fraction of sp³-hybridized carbons (Fsp3) is 0.900. The Kier molecular flexibility index (Phi) is 6.27. The quantitative estimate of drug-likeness (QED) is 0.718. The molecule has 1 amide bonds. The van der Waals surface area contributed by atoms with Crippen molar-refractivity contribution in [1.29, 1.82) is 0 Å². The summed E-state index contributed by atoms with van der Waals surface area (Å²) in [5, 5.41) is 2.65. The zero-order chi connectivity index (χ0) is 11.9. The van der Waals surface area contributed by atoms with Gasteiger partial charge in [-0.1, -0.05) is 0 Å². The van der Waals surface area contributed by atoms with Crippen molar-refractivity contribution in [2.24, 2.45) is 5.73 Å². The Hall–Kier alpha value is -0.810. The lowest BCUT2D eigenvalue weighted by molar-refractivity contribution is 0.0454. The lowest BCUT2D eigenvalue weighted by Crippen LogP contribution is -2.45. The van der Waals surface area contributed by atoms with E-state index in [1.807, 2.05) is 27.7 Å². The molecule has 0 heterocycles. The third-order valence-electron chi connectivity index (χ3n) is 1.53. The molecule has 0 fully saturated rings. The fourth-order valence-electron chi connectivity index (χ4n) is 0.903. The van der Waals surface area contributed by atoms with Gasteiger partial charge in [0.05, 0.1) is 12.6 Å². The van der Waals surface area contributed by atoms with E-state index in [0.717, 1.165) is 0 Å². The Balaban J connectivity index is 3.91. The maximum atomic E-state index is 11.3. The third kappa shape index (κ3) is 8.20. The van der Waals surface area contributed by atoms with Gasteiger partial charge >= 0.3 is 6.09 Å². The summed E-state index contributed by atoms with van der Waals surface area (Å²) in [4.78, 5) is 11.3. The molecule has 90 valence electrons. The molecule has 0 aliphatic carbocycles. The number of hydrogen-bond acceptors (Lipinski definition) is 4. The van der Waals surface area contributed by atoms with E-state index in [4.69, 9.17) is 15.2 Å². The first-order valence-electron chi connectivity index (χ1n) is 5.16. The van der Waals surface area contributed by atoms with Crippen molar-refractivity contribution >= 4 is 6.09 Å². The van der Waals surface area contributed by atoms with E-state index in [9.17, 15) is 4.79 Å². The van der Waals surface area contributed by atoms with Gasteiger partial charge in [-0.05, 0) is 27.7 Å². The number of carbonyl (C=O) groups is 1. The number of carbonyl (C=O) groups excluding carboxylic acids is 1. The summed E-state index contributed by atoms with van der Waals surface area (Å²) < 4.78 is 10.3. The van der Waals surface area contributed by atoms with Crippen molar-refractivity contribution in [2.75, 3.05) is 19.8 Å². The second-order valence-electron chi connectivity index (χ2n) is 4.24. The second kappa shape index (κ2) is 6.63. The van der Waals surface area contributed by atoms with Gasteiger partial charge in [0.1, 0.15) is 5.60 Å². The van der Waals surface area contributed by atoms with Crippen LogP contribution in [0.15, 0.2) is 0 Å². The molecule has 15 heavy (non-hydrogen) atoms. The molecular formula is C10H22N2O3. The second-order valence-corrected chi connectivity index (χ2v) is 4.24. The van der Waals surface area contributed by atoms with E-state index in [1.165, 1.54) is 0 Å². The molecule has 0 saturated heterocycles. The Morgan fingerprint density at radius 2 is 2.07 bits per heavy atom. The predicted octanol–water partition coefficient (Wildman–Crippen LogP) is 0.875. The smallest absolute Gasteiger partial charge is 0.407 e. The van der Waals surface area contributed by atoms with Crippen LogP contribution in [0, 0.1) is 0 Å². The predicted molar refractivity (Wildman–Crippen MR) is 58.7 cm³/mol. The molecule has 0 aliphatic heterocycles. The molecule has 0 aromatic carbocycles. The zero-order valence-electron chi connectivity index (χ0n) is 10.0. The van der Waals surface area contributed by atoms with Crippen LogP contribution in [0.2, 0.25) is 0 Å². The topological polar surface area (TPSA) is 73.6 Å². The van der Waals surface area contributed by atoms with Crippen molar-refractivity contribution in [1.82, 2.24) is 5.32 Å². The van der Waals surface area contributed by atoms with E-state index in [0.29, 0.717) is 19.8 Å². The Bertz CT molecular complexity index is 190. The maximum Gasteiger partial charge on any atom is 0.407 e. The summed E-state index contributed by atoms with van der Waals surface area (Å²) >= 11 is 0. The van der Waals surface area contributed by atoms with Gasteiger partial charge < -0.3 is 20.5 Å². The van der Waals surface area contributed by atoms with Gasteiger partial charge in [-0.2, -0.15) is 0 Å². The number of nitrogens with two attached hydrogens (primary N) is 1. The van der Waals surface area contributed by atoms with Gasteiger partial charge in [-0.25, -0.2) is 4.79 Å². The minimum absolute atomic E-state index is 0.195. The van der Waals surface area contributed by atoms with E-state index in [-0.39, 0.29) is 6.04 Å². The summed E-state index contributed by atoms with van der Waals surface area (Å²) in [5.41, 5.74) is 4.98. The largest absolute Gasteiger partial charge is 0.444 e. The van der Waals surface area contributed by atoms with Crippen LogP contribution < -0.4 is 11.1 Å². The highest BCUT2D eigenvalue weighted by atomic mass is 16.6. The van der Waals surface area contributed by atoms with Crippen molar-refractivity contribution in [2.45, 2.75) is 39.3 Å². The molecule has 0 saturated carbocycles. The van der Waals surface area contributed by atoms with Gasteiger partial charge in [0, 0.05) is 13.2 Å². The maximum absolute atomic E-state index is 11.3. The van der Waals surface area contributed by atoms with Crippen LogP contribution >= 0.6 is 0 Å². The van der Waals surface area contributed by atoms with Crippen LogP contribution in [0.5, 0.6) is 0 Å². The molecule has 0 unspecified atom stereocenters. The van der Waals surface area contributed by atoms with Crippen molar-refractivity contribution in [3.8, 4) is 0 Å². The van der Waals surface area contributed by atoms with E-state index < -0.39 is 11.7 Å². The summed E-state index contributed by atoms with van der Waals surface area (Å²) in [6, 6.07) is -0.195. The normalized spacial score (nSPS) is 13.4. The highest BCUT2D eigenvalue weighted by Gasteiger charge is 2.18. The molecule has 5 nitrogen and oxygen atoms in total. The molecule has 0 aliphatic rings. The lowest BCUT2D eigenvalue weighted by atomic mass is 10.2. The first kappa shape index (κ1) is 14.2. The van der Waals surface area contributed by atoms with Crippen LogP contribution in [0.1, 0.15) is 27.7 Å². The molecule has 5 heteroatoms. The number of rotatable bonds is 5. The van der Waals surface area contributed by atoms with Gasteiger partial charge in [-0.3, -0.25) is 0 Å². The van der Waals surface area contributed by atoms with Crippen molar-refractivity contribution in [3.05, 3.63) is 0 Å². The monoisotopic (exact) mass is 218 g/mol. The van der Waals surface area contributed by atoms with Crippen LogP contribution in [-0.4, -0.2) is 37.5 Å². The Labute approximate surface area is 91.3 Å². The standard InChI is InChI=1S/C10H22N2O3/c1-5-14-7-8(6-11)12-9(13)15-10(2,3)4/h8H,5-7,11H2,1-4H3,(H,12,13)/t8-/m0/s1. The number of amides is 1. The Morgan fingerprint density at radius 1 is 1.47 bits per heavy atom. The number of hydrogen-bond donors (Lipinski definition) is 2. The number of ether oxygens (including phenoxy) is 2. The van der Waals surface area contributed by atoms with E-state index >= 15 is 0 Å². The number of alkyl carbamates (subject to hydrolysis) is 1. The molecule has 0 aromatic heterocycles. The summed E-state index contributed by atoms with van der Waals surface area (Å²) in [6.45, 7) is 8.67. The molecule has 3 N–H and O–H groups in total. The minimum atomic E-state index is -0.491. The minimum Gasteiger partial charge on any atom is -0.444 e. The Morgan fingerprint density at radius 3 is 2.47 bits per heavy atom. The molecular weight excluding hydrogens is 196 g/mol. The molecule has 0 aromatic rings. The van der Waals surface area contributed by atoms with Crippen LogP contribution in [0.25, 0.3) is 0 Å². The van der Waals surface area contributed by atoms with Gasteiger partial charge in [0.25, 0.3) is 0 Å². The summed E-state index contributed by atoms with van der Waals surface area (Å²) in [5.74, 6) is 0. The first-order valence-corrected chi connectivity index (χ1v) is 5.16. The van der Waals surface area contributed by atoms with Gasteiger partial charge in [0.2, 0.25) is 0 Å².